The normalized spacial score (nSPS) is 10.1. The number of pyridine rings is 1. The van der Waals surface area contributed by atoms with E-state index in [-0.39, 0.29) is 6.61 Å². The van der Waals surface area contributed by atoms with Crippen LogP contribution in [0, 0.1) is 0 Å². The number of nitrogens with one attached hydrogen (secondary N) is 1. The molecule has 2 aromatic rings. The summed E-state index contributed by atoms with van der Waals surface area (Å²) in [6.07, 6.45) is 3.07. The molecule has 0 saturated carbocycles. The first-order valence-corrected chi connectivity index (χ1v) is 6.13. The van der Waals surface area contributed by atoms with Gasteiger partial charge in [-0.05, 0) is 25.1 Å². The summed E-state index contributed by atoms with van der Waals surface area (Å²) >= 11 is 0. The Balaban J connectivity index is 2.16. The molecule has 0 saturated heterocycles. The lowest BCUT2D eigenvalue weighted by Gasteiger charge is -2.10. The second-order valence-corrected chi connectivity index (χ2v) is 3.95. The number of ether oxygens (including phenoxy) is 1. The van der Waals surface area contributed by atoms with Crippen LogP contribution in [0.1, 0.15) is 23.0 Å². The fourth-order valence-corrected chi connectivity index (χ4v) is 1.59. The Bertz CT molecular complexity index is 589. The molecule has 0 aliphatic heterocycles. The zero-order chi connectivity index (χ0) is 14.4. The first kappa shape index (κ1) is 13.7. The number of nitrogen functional groups attached to an aromatic ring is 1. The van der Waals surface area contributed by atoms with Gasteiger partial charge in [0.15, 0.2) is 0 Å². The van der Waals surface area contributed by atoms with Crippen molar-refractivity contribution >= 4 is 17.5 Å². The standard InChI is InChI=1S/C13H15N5O2/c1-2-20-13(19)11-6-9(14)7-15-12(11)16-8-10-4-3-5-17-18-10/h3-7H,2,8,14H2,1H3,(H,15,16). The third-order valence-electron chi connectivity index (χ3n) is 2.47. The highest BCUT2D eigenvalue weighted by molar-refractivity contribution is 5.95. The Hall–Kier alpha value is -2.70. The van der Waals surface area contributed by atoms with Crippen molar-refractivity contribution in [1.82, 2.24) is 15.2 Å². The molecule has 0 spiro atoms. The van der Waals surface area contributed by atoms with E-state index >= 15 is 0 Å². The number of hydrogen-bond acceptors (Lipinski definition) is 7. The summed E-state index contributed by atoms with van der Waals surface area (Å²) in [4.78, 5) is 16.0. The summed E-state index contributed by atoms with van der Waals surface area (Å²) < 4.78 is 4.97. The minimum atomic E-state index is -0.464. The number of anilines is 2. The SMILES string of the molecule is CCOC(=O)c1cc(N)cnc1NCc1cccnn1. The predicted molar refractivity (Wildman–Crippen MR) is 74.0 cm³/mol. The number of hydrogen-bond donors (Lipinski definition) is 2. The average Bonchev–Trinajstić information content (AvgIpc) is 2.47. The van der Waals surface area contributed by atoms with E-state index in [0.29, 0.717) is 23.6 Å². The van der Waals surface area contributed by atoms with E-state index in [0.717, 1.165) is 5.69 Å². The van der Waals surface area contributed by atoms with Gasteiger partial charge in [-0.1, -0.05) is 0 Å². The summed E-state index contributed by atoms with van der Waals surface area (Å²) in [6.45, 7) is 2.43. The Morgan fingerprint density at radius 1 is 1.50 bits per heavy atom. The van der Waals surface area contributed by atoms with Gasteiger partial charge in [-0.25, -0.2) is 9.78 Å². The predicted octanol–water partition coefficient (Wildman–Crippen LogP) is 1.24. The highest BCUT2D eigenvalue weighted by Gasteiger charge is 2.14. The highest BCUT2D eigenvalue weighted by Crippen LogP contribution is 2.17. The molecule has 7 nitrogen and oxygen atoms in total. The number of carbonyl (C=O) groups is 1. The number of nitrogens with zero attached hydrogens (tertiary/aromatic N) is 3. The Morgan fingerprint density at radius 3 is 3.05 bits per heavy atom. The third-order valence-corrected chi connectivity index (χ3v) is 2.47. The van der Waals surface area contributed by atoms with E-state index in [1.165, 1.54) is 12.3 Å². The molecule has 0 atom stereocenters. The molecule has 104 valence electrons. The molecule has 7 heteroatoms. The zero-order valence-electron chi connectivity index (χ0n) is 11.0. The van der Waals surface area contributed by atoms with Crippen LogP contribution in [0.2, 0.25) is 0 Å². The van der Waals surface area contributed by atoms with Gasteiger partial charge in [0.25, 0.3) is 0 Å². The fourth-order valence-electron chi connectivity index (χ4n) is 1.59. The van der Waals surface area contributed by atoms with Gasteiger partial charge in [-0.15, -0.1) is 0 Å². The molecule has 2 heterocycles. The lowest BCUT2D eigenvalue weighted by atomic mass is 10.2. The Labute approximate surface area is 116 Å². The first-order chi connectivity index (χ1) is 9.70. The minimum absolute atomic E-state index is 0.289. The van der Waals surface area contributed by atoms with Crippen LogP contribution < -0.4 is 11.1 Å². The van der Waals surface area contributed by atoms with E-state index in [4.69, 9.17) is 10.5 Å². The van der Waals surface area contributed by atoms with Gasteiger partial charge in [-0.2, -0.15) is 10.2 Å². The molecule has 20 heavy (non-hydrogen) atoms. The van der Waals surface area contributed by atoms with Gasteiger partial charge in [0.2, 0.25) is 0 Å². The van der Waals surface area contributed by atoms with Crippen molar-refractivity contribution in [1.29, 1.82) is 0 Å². The van der Waals surface area contributed by atoms with Crippen LogP contribution in [-0.4, -0.2) is 27.8 Å². The molecule has 0 amide bonds. The van der Waals surface area contributed by atoms with Gasteiger partial charge >= 0.3 is 5.97 Å². The van der Waals surface area contributed by atoms with Crippen LogP contribution in [0.15, 0.2) is 30.6 Å². The van der Waals surface area contributed by atoms with Gasteiger partial charge in [0.1, 0.15) is 11.4 Å². The van der Waals surface area contributed by atoms with E-state index in [1.54, 1.807) is 19.2 Å². The van der Waals surface area contributed by atoms with Crippen LogP contribution >= 0.6 is 0 Å². The molecule has 0 aromatic carbocycles. The number of rotatable bonds is 5. The van der Waals surface area contributed by atoms with Crippen molar-refractivity contribution in [2.45, 2.75) is 13.5 Å². The lowest BCUT2D eigenvalue weighted by Crippen LogP contribution is -2.12. The summed E-state index contributed by atoms with van der Waals surface area (Å²) in [6, 6.07) is 5.14. The summed E-state index contributed by atoms with van der Waals surface area (Å²) in [5.41, 5.74) is 7.09. The molecular weight excluding hydrogens is 258 g/mol. The van der Waals surface area contributed by atoms with Crippen LogP contribution in [0.4, 0.5) is 11.5 Å². The lowest BCUT2D eigenvalue weighted by molar-refractivity contribution is 0.0527. The van der Waals surface area contributed by atoms with Crippen LogP contribution in [0.25, 0.3) is 0 Å². The molecule has 0 fully saturated rings. The second-order valence-electron chi connectivity index (χ2n) is 3.95. The summed E-state index contributed by atoms with van der Waals surface area (Å²) in [7, 11) is 0. The van der Waals surface area contributed by atoms with E-state index in [9.17, 15) is 4.79 Å². The van der Waals surface area contributed by atoms with Crippen molar-refractivity contribution < 1.29 is 9.53 Å². The summed E-state index contributed by atoms with van der Waals surface area (Å²) in [5.74, 6) is -0.0581. The third kappa shape index (κ3) is 3.41. The summed E-state index contributed by atoms with van der Waals surface area (Å²) in [5, 5.41) is 10.7. The van der Waals surface area contributed by atoms with E-state index in [1.807, 2.05) is 6.07 Å². The van der Waals surface area contributed by atoms with Crippen molar-refractivity contribution in [3.05, 3.63) is 41.9 Å². The molecule has 0 unspecified atom stereocenters. The molecule has 0 bridgehead atoms. The van der Waals surface area contributed by atoms with E-state index < -0.39 is 5.97 Å². The molecule has 2 aromatic heterocycles. The average molecular weight is 273 g/mol. The number of esters is 1. The number of carbonyl (C=O) groups excluding carboxylic acids is 1. The molecular formula is C13H15N5O2. The van der Waals surface area contributed by atoms with Crippen molar-refractivity contribution in [2.75, 3.05) is 17.7 Å². The first-order valence-electron chi connectivity index (χ1n) is 6.13. The molecule has 0 aliphatic carbocycles. The highest BCUT2D eigenvalue weighted by atomic mass is 16.5. The monoisotopic (exact) mass is 273 g/mol. The quantitative estimate of drug-likeness (QED) is 0.790. The zero-order valence-corrected chi connectivity index (χ0v) is 11.0. The largest absolute Gasteiger partial charge is 0.462 e. The van der Waals surface area contributed by atoms with Crippen LogP contribution in [0.3, 0.4) is 0 Å². The van der Waals surface area contributed by atoms with E-state index in [2.05, 4.69) is 20.5 Å². The number of nitrogens with two attached hydrogens (primary N) is 1. The maximum Gasteiger partial charge on any atom is 0.341 e. The van der Waals surface area contributed by atoms with Gasteiger partial charge in [0, 0.05) is 6.20 Å². The second kappa shape index (κ2) is 6.46. The van der Waals surface area contributed by atoms with Crippen LogP contribution in [0.5, 0.6) is 0 Å². The molecule has 3 N–H and O–H groups in total. The van der Waals surface area contributed by atoms with Gasteiger partial charge in [0.05, 0.1) is 30.7 Å². The number of aromatic nitrogens is 3. The molecule has 0 radical (unpaired) electrons. The maximum absolute atomic E-state index is 11.8. The van der Waals surface area contributed by atoms with Gasteiger partial charge < -0.3 is 15.8 Å². The van der Waals surface area contributed by atoms with Crippen molar-refractivity contribution in [3.63, 3.8) is 0 Å². The van der Waals surface area contributed by atoms with Crippen molar-refractivity contribution in [2.24, 2.45) is 0 Å². The van der Waals surface area contributed by atoms with Gasteiger partial charge in [-0.3, -0.25) is 0 Å². The molecule has 2 rings (SSSR count). The minimum Gasteiger partial charge on any atom is -0.462 e. The Morgan fingerprint density at radius 2 is 2.35 bits per heavy atom. The Kier molecular flexibility index (Phi) is 4.43. The fraction of sp³-hybridized carbons (Fsp3) is 0.231. The smallest absolute Gasteiger partial charge is 0.341 e. The van der Waals surface area contributed by atoms with Crippen molar-refractivity contribution in [3.8, 4) is 0 Å². The maximum atomic E-state index is 11.8. The topological polar surface area (TPSA) is 103 Å². The molecule has 0 aliphatic rings. The van der Waals surface area contributed by atoms with Crippen LogP contribution in [-0.2, 0) is 11.3 Å².